The molecule has 1 aromatic rings. The number of piperazine rings is 1. The maximum Gasteiger partial charge on any atom is 0.274 e. The Bertz CT molecular complexity index is 599. The van der Waals surface area contributed by atoms with Gasteiger partial charge in [0.2, 0.25) is 0 Å². The minimum atomic E-state index is 0.136. The van der Waals surface area contributed by atoms with E-state index in [1.807, 2.05) is 4.90 Å². The highest BCUT2D eigenvalue weighted by Gasteiger charge is 2.33. The van der Waals surface area contributed by atoms with Gasteiger partial charge in [0.05, 0.1) is 0 Å². The van der Waals surface area contributed by atoms with Gasteiger partial charge in [-0.25, -0.2) is 0 Å². The number of aryl methyl sites for hydroxylation is 1. The molecule has 2 aliphatic rings. The van der Waals surface area contributed by atoms with E-state index in [0.29, 0.717) is 6.04 Å². The van der Waals surface area contributed by atoms with Gasteiger partial charge in [0.15, 0.2) is 5.69 Å². The van der Waals surface area contributed by atoms with Crippen LogP contribution in [0, 0.1) is 0 Å². The summed E-state index contributed by atoms with van der Waals surface area (Å²) in [4.78, 5) is 19.9. The predicted molar refractivity (Wildman–Crippen MR) is 100 cm³/mol. The van der Waals surface area contributed by atoms with Gasteiger partial charge in [-0.15, -0.1) is 0 Å². The van der Waals surface area contributed by atoms with Crippen molar-refractivity contribution in [1.29, 1.82) is 0 Å². The maximum atomic E-state index is 13.1. The van der Waals surface area contributed by atoms with Crippen LogP contribution in [0.5, 0.6) is 0 Å². The first-order valence-corrected chi connectivity index (χ1v) is 9.89. The van der Waals surface area contributed by atoms with Crippen LogP contribution < -0.4 is 0 Å². The summed E-state index contributed by atoms with van der Waals surface area (Å²) in [5.74, 6) is 0.136. The van der Waals surface area contributed by atoms with Crippen LogP contribution >= 0.6 is 0 Å². The normalized spacial score (nSPS) is 21.6. The Morgan fingerprint density at radius 1 is 1.16 bits per heavy atom. The van der Waals surface area contributed by atoms with Crippen LogP contribution in [-0.4, -0.2) is 82.7 Å². The van der Waals surface area contributed by atoms with Crippen LogP contribution in [0.1, 0.15) is 48.9 Å². The highest BCUT2D eigenvalue weighted by atomic mass is 16.2. The summed E-state index contributed by atoms with van der Waals surface area (Å²) in [6.45, 7) is 13.1. The molecule has 6 nitrogen and oxygen atoms in total. The Balaban J connectivity index is 1.86. The van der Waals surface area contributed by atoms with Gasteiger partial charge in [-0.1, -0.05) is 13.8 Å². The van der Waals surface area contributed by atoms with E-state index in [-0.39, 0.29) is 5.91 Å². The number of carbonyl (C=O) groups is 1. The third-order valence-electron chi connectivity index (χ3n) is 5.94. The summed E-state index contributed by atoms with van der Waals surface area (Å²) in [6.07, 6.45) is 3.17. The second kappa shape index (κ2) is 7.87. The molecule has 0 radical (unpaired) electrons. The second-order valence-electron chi connectivity index (χ2n) is 7.30. The zero-order valence-electron chi connectivity index (χ0n) is 16.3. The molecule has 2 heterocycles. The van der Waals surface area contributed by atoms with Crippen molar-refractivity contribution in [3.8, 4) is 0 Å². The first-order chi connectivity index (χ1) is 12.1. The molecule has 25 heavy (non-hydrogen) atoms. The molecule has 1 aromatic heterocycles. The lowest BCUT2D eigenvalue weighted by molar-refractivity contribution is 0.0655. The molecule has 1 unspecified atom stereocenters. The fourth-order valence-electron chi connectivity index (χ4n) is 4.31. The Morgan fingerprint density at radius 2 is 1.84 bits per heavy atom. The van der Waals surface area contributed by atoms with E-state index in [1.165, 1.54) is 17.7 Å². The number of fused-ring (bicyclic) bond motifs is 1. The summed E-state index contributed by atoms with van der Waals surface area (Å²) in [5.41, 5.74) is 3.23. The Labute approximate surface area is 151 Å². The number of rotatable bonds is 5. The minimum Gasteiger partial charge on any atom is -0.335 e. The smallest absolute Gasteiger partial charge is 0.274 e. The van der Waals surface area contributed by atoms with Gasteiger partial charge >= 0.3 is 0 Å². The van der Waals surface area contributed by atoms with E-state index in [4.69, 9.17) is 5.10 Å². The largest absolute Gasteiger partial charge is 0.335 e. The second-order valence-corrected chi connectivity index (χ2v) is 7.30. The van der Waals surface area contributed by atoms with Crippen LogP contribution in [0.3, 0.4) is 0 Å². The van der Waals surface area contributed by atoms with E-state index in [0.717, 1.165) is 64.3 Å². The van der Waals surface area contributed by atoms with E-state index in [9.17, 15) is 4.79 Å². The Morgan fingerprint density at radius 3 is 2.44 bits per heavy atom. The average Bonchev–Trinajstić information content (AvgIpc) is 3.01. The van der Waals surface area contributed by atoms with Crippen LogP contribution in [-0.2, 0) is 19.4 Å². The highest BCUT2D eigenvalue weighted by molar-refractivity contribution is 5.94. The number of hydrogen-bond acceptors (Lipinski definition) is 4. The summed E-state index contributed by atoms with van der Waals surface area (Å²) in [7, 11) is 2.12. The molecular weight excluding hydrogens is 314 g/mol. The fraction of sp³-hybridized carbons (Fsp3) is 0.789. The van der Waals surface area contributed by atoms with Gasteiger partial charge < -0.3 is 14.7 Å². The zero-order chi connectivity index (χ0) is 18.0. The van der Waals surface area contributed by atoms with Crippen molar-refractivity contribution in [3.63, 3.8) is 0 Å². The zero-order valence-corrected chi connectivity index (χ0v) is 16.3. The number of aromatic nitrogens is 2. The van der Waals surface area contributed by atoms with Crippen molar-refractivity contribution in [2.24, 2.45) is 0 Å². The van der Waals surface area contributed by atoms with Crippen LogP contribution in [0.2, 0.25) is 0 Å². The van der Waals surface area contributed by atoms with Gasteiger partial charge in [0.25, 0.3) is 5.91 Å². The van der Waals surface area contributed by atoms with Crippen molar-refractivity contribution < 1.29 is 4.79 Å². The lowest BCUT2D eigenvalue weighted by Crippen LogP contribution is -2.47. The third kappa shape index (κ3) is 3.60. The van der Waals surface area contributed by atoms with E-state index in [2.05, 4.69) is 42.3 Å². The molecule has 1 aliphatic heterocycles. The van der Waals surface area contributed by atoms with Crippen molar-refractivity contribution in [2.75, 3.05) is 46.3 Å². The molecule has 0 bridgehead atoms. The standard InChI is InChI=1S/C19H33N5O/c1-5-22(6-2)15-8-9-17-16(14-15)18(20-24(17)7-3)19(25)23-12-10-21(4)11-13-23/h15H,5-14H2,1-4H3. The van der Waals surface area contributed by atoms with Gasteiger partial charge in [-0.05, 0) is 46.3 Å². The molecule has 1 amide bonds. The molecule has 1 fully saturated rings. The summed E-state index contributed by atoms with van der Waals surface area (Å²) >= 11 is 0. The number of hydrogen-bond donors (Lipinski definition) is 0. The predicted octanol–water partition coefficient (Wildman–Crippen LogP) is 1.49. The van der Waals surface area contributed by atoms with Crippen LogP contribution in [0.25, 0.3) is 0 Å². The molecule has 3 rings (SSSR count). The third-order valence-corrected chi connectivity index (χ3v) is 5.94. The molecule has 1 aliphatic carbocycles. The van der Waals surface area contributed by atoms with Crippen molar-refractivity contribution >= 4 is 5.91 Å². The van der Waals surface area contributed by atoms with Gasteiger partial charge in [-0.3, -0.25) is 9.48 Å². The quantitative estimate of drug-likeness (QED) is 0.810. The topological polar surface area (TPSA) is 44.6 Å². The molecule has 1 atom stereocenters. The first-order valence-electron chi connectivity index (χ1n) is 9.89. The van der Waals surface area contributed by atoms with Crippen molar-refractivity contribution in [1.82, 2.24) is 24.5 Å². The lowest BCUT2D eigenvalue weighted by atomic mass is 9.90. The summed E-state index contributed by atoms with van der Waals surface area (Å²) in [6, 6.07) is 0.538. The number of carbonyl (C=O) groups excluding carboxylic acids is 1. The van der Waals surface area contributed by atoms with Gasteiger partial charge in [0, 0.05) is 50.0 Å². The average molecular weight is 348 g/mol. The molecule has 1 saturated heterocycles. The molecule has 140 valence electrons. The van der Waals surface area contributed by atoms with Crippen LogP contribution in [0.15, 0.2) is 0 Å². The minimum absolute atomic E-state index is 0.136. The molecular formula is C19H33N5O. The Hall–Kier alpha value is -1.40. The van der Waals surface area contributed by atoms with Crippen LogP contribution in [0.4, 0.5) is 0 Å². The molecule has 0 spiro atoms. The van der Waals surface area contributed by atoms with Crippen molar-refractivity contribution in [3.05, 3.63) is 17.0 Å². The number of nitrogens with zero attached hydrogens (tertiary/aromatic N) is 5. The maximum absolute atomic E-state index is 13.1. The monoisotopic (exact) mass is 347 g/mol. The SMILES string of the molecule is CCN(CC)C1CCc2c(c(C(=O)N3CCN(C)CC3)nn2CC)C1. The summed E-state index contributed by atoms with van der Waals surface area (Å²) in [5, 5.41) is 4.74. The molecule has 0 N–H and O–H groups in total. The van der Waals surface area contributed by atoms with Crippen molar-refractivity contribution in [2.45, 2.75) is 52.6 Å². The highest BCUT2D eigenvalue weighted by Crippen LogP contribution is 2.28. The lowest BCUT2D eigenvalue weighted by Gasteiger charge is -2.34. The van der Waals surface area contributed by atoms with E-state index < -0.39 is 0 Å². The van der Waals surface area contributed by atoms with Gasteiger partial charge in [0.1, 0.15) is 0 Å². The van der Waals surface area contributed by atoms with E-state index >= 15 is 0 Å². The van der Waals surface area contributed by atoms with Gasteiger partial charge in [-0.2, -0.15) is 5.10 Å². The fourth-order valence-corrected chi connectivity index (χ4v) is 4.31. The number of amides is 1. The first kappa shape index (κ1) is 18.4. The molecule has 0 saturated carbocycles. The number of likely N-dealkylation sites (N-methyl/N-ethyl adjacent to an activating group) is 2. The van der Waals surface area contributed by atoms with E-state index in [1.54, 1.807) is 0 Å². The molecule has 0 aromatic carbocycles. The summed E-state index contributed by atoms with van der Waals surface area (Å²) < 4.78 is 2.07. The Kier molecular flexibility index (Phi) is 5.79. The molecule has 6 heteroatoms.